The van der Waals surface area contributed by atoms with E-state index in [1.807, 2.05) is 0 Å². The highest BCUT2D eigenvalue weighted by atomic mass is 16.3. The molecule has 3 N–H and O–H groups in total. The zero-order chi connectivity index (χ0) is 16.4. The van der Waals surface area contributed by atoms with Gasteiger partial charge in [0.1, 0.15) is 0 Å². The first kappa shape index (κ1) is 16.4. The molecule has 9 atom stereocenters. The Morgan fingerprint density at radius 1 is 0.826 bits per heavy atom. The Hall–Kier alpha value is -0.120. The largest absolute Gasteiger partial charge is 0.393 e. The minimum absolute atomic E-state index is 0.187. The van der Waals surface area contributed by atoms with Gasteiger partial charge in [0.25, 0.3) is 0 Å². The molecule has 23 heavy (non-hydrogen) atoms. The third kappa shape index (κ3) is 2.19. The molecule has 4 aliphatic rings. The molecule has 0 radical (unpaired) electrons. The maximum atomic E-state index is 10.9. The van der Waals surface area contributed by atoms with E-state index in [9.17, 15) is 10.2 Å². The molecule has 0 aromatic heterocycles. The Labute approximate surface area is 141 Å². The lowest BCUT2D eigenvalue weighted by Gasteiger charge is -2.62. The summed E-state index contributed by atoms with van der Waals surface area (Å²) in [5.74, 6) is 2.55. The van der Waals surface area contributed by atoms with Gasteiger partial charge in [0.15, 0.2) is 0 Å². The van der Waals surface area contributed by atoms with Gasteiger partial charge in [-0.3, -0.25) is 0 Å². The minimum atomic E-state index is -0.202. The second-order valence-corrected chi connectivity index (χ2v) is 9.68. The molecule has 3 heteroatoms. The van der Waals surface area contributed by atoms with Crippen LogP contribution in [0.3, 0.4) is 0 Å². The van der Waals surface area contributed by atoms with E-state index in [4.69, 9.17) is 0 Å². The number of fused-ring (bicyclic) bond motifs is 5. The summed E-state index contributed by atoms with van der Waals surface area (Å²) < 4.78 is 0. The van der Waals surface area contributed by atoms with Gasteiger partial charge in [-0.05, 0) is 92.9 Å². The molecule has 4 aliphatic carbocycles. The van der Waals surface area contributed by atoms with Gasteiger partial charge >= 0.3 is 0 Å². The highest BCUT2D eigenvalue weighted by Crippen LogP contribution is 2.66. The average Bonchev–Trinajstić information content (AvgIpc) is 2.86. The first-order valence-electron chi connectivity index (χ1n) is 9.93. The van der Waals surface area contributed by atoms with E-state index in [0.29, 0.717) is 23.3 Å². The van der Waals surface area contributed by atoms with Crippen molar-refractivity contribution in [3.63, 3.8) is 0 Å². The topological polar surface area (TPSA) is 52.5 Å². The van der Waals surface area contributed by atoms with Crippen molar-refractivity contribution >= 4 is 0 Å². The van der Waals surface area contributed by atoms with Crippen molar-refractivity contribution in [1.29, 1.82) is 0 Å². The lowest BCUT2D eigenvalue weighted by atomic mass is 9.44. The van der Waals surface area contributed by atoms with E-state index in [2.05, 4.69) is 26.2 Å². The number of hydrogen-bond acceptors (Lipinski definition) is 3. The van der Waals surface area contributed by atoms with Crippen LogP contribution in [-0.4, -0.2) is 35.5 Å². The molecule has 4 saturated carbocycles. The predicted octanol–water partition coefficient (Wildman–Crippen LogP) is 2.95. The number of aliphatic hydroxyl groups excluding tert-OH is 2. The second-order valence-electron chi connectivity index (χ2n) is 9.68. The van der Waals surface area contributed by atoms with Gasteiger partial charge in [0, 0.05) is 6.04 Å². The van der Waals surface area contributed by atoms with Crippen molar-refractivity contribution in [2.45, 2.75) is 83.5 Å². The van der Waals surface area contributed by atoms with Crippen LogP contribution in [0.5, 0.6) is 0 Å². The van der Waals surface area contributed by atoms with E-state index in [-0.39, 0.29) is 17.6 Å². The fourth-order valence-electron chi connectivity index (χ4n) is 7.75. The van der Waals surface area contributed by atoms with Crippen molar-refractivity contribution in [2.75, 3.05) is 7.05 Å². The second kappa shape index (κ2) is 5.44. The standard InChI is InChI=1S/C20H35NO2/c1-19-8-6-12(22)10-16(19)17(23)11-13-14-4-5-18(21-3)20(14,2)9-7-15(13)19/h12-18,21-23H,4-11H2,1-3H3/t12?,13-,14-,15+,16?,17?,18?,19+,20-/m0/s1. The summed E-state index contributed by atoms with van der Waals surface area (Å²) in [6, 6.07) is 0.657. The van der Waals surface area contributed by atoms with Crippen molar-refractivity contribution in [1.82, 2.24) is 5.32 Å². The summed E-state index contributed by atoms with van der Waals surface area (Å²) in [6.07, 6.45) is 8.75. The van der Waals surface area contributed by atoms with Gasteiger partial charge in [-0.15, -0.1) is 0 Å². The van der Waals surface area contributed by atoms with Crippen LogP contribution < -0.4 is 5.32 Å². The summed E-state index contributed by atoms with van der Waals surface area (Å²) in [6.45, 7) is 4.95. The molecule has 4 rings (SSSR count). The Morgan fingerprint density at radius 2 is 1.52 bits per heavy atom. The van der Waals surface area contributed by atoms with E-state index in [1.165, 1.54) is 25.7 Å². The van der Waals surface area contributed by atoms with Crippen LogP contribution in [0.4, 0.5) is 0 Å². The van der Waals surface area contributed by atoms with Crippen LogP contribution in [0.15, 0.2) is 0 Å². The number of rotatable bonds is 1. The lowest BCUT2D eigenvalue weighted by Crippen LogP contribution is -2.59. The van der Waals surface area contributed by atoms with Crippen molar-refractivity contribution in [3.8, 4) is 0 Å². The Balaban J connectivity index is 1.65. The van der Waals surface area contributed by atoms with Crippen LogP contribution in [0.25, 0.3) is 0 Å². The van der Waals surface area contributed by atoms with E-state index in [0.717, 1.165) is 37.5 Å². The fraction of sp³-hybridized carbons (Fsp3) is 1.00. The molecule has 0 aromatic carbocycles. The maximum Gasteiger partial charge on any atom is 0.0577 e. The van der Waals surface area contributed by atoms with Gasteiger partial charge in [-0.2, -0.15) is 0 Å². The smallest absolute Gasteiger partial charge is 0.0577 e. The van der Waals surface area contributed by atoms with Gasteiger partial charge < -0.3 is 15.5 Å². The van der Waals surface area contributed by atoms with Crippen LogP contribution >= 0.6 is 0 Å². The van der Waals surface area contributed by atoms with Gasteiger partial charge in [0.2, 0.25) is 0 Å². The predicted molar refractivity (Wildman–Crippen MR) is 92.0 cm³/mol. The summed E-state index contributed by atoms with van der Waals surface area (Å²) in [7, 11) is 2.12. The summed E-state index contributed by atoms with van der Waals surface area (Å²) >= 11 is 0. The molecule has 4 unspecified atom stereocenters. The van der Waals surface area contributed by atoms with E-state index >= 15 is 0 Å². The molecule has 0 aromatic rings. The van der Waals surface area contributed by atoms with Crippen LogP contribution in [0.2, 0.25) is 0 Å². The van der Waals surface area contributed by atoms with Crippen molar-refractivity contribution < 1.29 is 10.2 Å². The molecule has 0 spiro atoms. The highest BCUT2D eigenvalue weighted by Gasteiger charge is 2.61. The third-order valence-corrected chi connectivity index (χ3v) is 9.00. The quantitative estimate of drug-likeness (QED) is 0.696. The lowest BCUT2D eigenvalue weighted by molar-refractivity contribution is -0.168. The fourth-order valence-corrected chi connectivity index (χ4v) is 7.75. The van der Waals surface area contributed by atoms with Gasteiger partial charge in [-0.1, -0.05) is 13.8 Å². The molecule has 0 bridgehead atoms. The number of aliphatic hydroxyl groups is 2. The Morgan fingerprint density at radius 3 is 2.26 bits per heavy atom. The molecular weight excluding hydrogens is 286 g/mol. The Kier molecular flexibility index (Phi) is 3.87. The SMILES string of the molecule is CNC1CC[C@H]2[C@@H]3CC(O)C4CC(O)CC[C@]4(C)[C@@H]3CC[C@]12C. The first-order valence-corrected chi connectivity index (χ1v) is 9.93. The normalized spacial score (nSPS) is 59.1. The van der Waals surface area contributed by atoms with E-state index < -0.39 is 0 Å². The van der Waals surface area contributed by atoms with Gasteiger partial charge in [0.05, 0.1) is 12.2 Å². The van der Waals surface area contributed by atoms with Crippen molar-refractivity contribution in [3.05, 3.63) is 0 Å². The zero-order valence-electron chi connectivity index (χ0n) is 15.1. The average molecular weight is 322 g/mol. The summed E-state index contributed by atoms with van der Waals surface area (Å²) in [4.78, 5) is 0. The van der Waals surface area contributed by atoms with Gasteiger partial charge in [-0.25, -0.2) is 0 Å². The summed E-state index contributed by atoms with van der Waals surface area (Å²) in [5.41, 5.74) is 0.674. The highest BCUT2D eigenvalue weighted by molar-refractivity contribution is 5.12. The molecular formula is C20H35NO2. The number of hydrogen-bond donors (Lipinski definition) is 3. The van der Waals surface area contributed by atoms with Crippen LogP contribution in [-0.2, 0) is 0 Å². The molecule has 0 saturated heterocycles. The molecule has 0 heterocycles. The molecule has 3 nitrogen and oxygen atoms in total. The maximum absolute atomic E-state index is 10.9. The third-order valence-electron chi connectivity index (χ3n) is 9.00. The molecule has 132 valence electrons. The van der Waals surface area contributed by atoms with Crippen LogP contribution in [0, 0.1) is 34.5 Å². The molecule has 4 fully saturated rings. The summed E-state index contributed by atoms with van der Waals surface area (Å²) in [5, 5.41) is 24.6. The first-order chi connectivity index (χ1) is 10.9. The molecule has 0 amide bonds. The monoisotopic (exact) mass is 321 g/mol. The van der Waals surface area contributed by atoms with E-state index in [1.54, 1.807) is 0 Å². The Bertz CT molecular complexity index is 469. The van der Waals surface area contributed by atoms with Crippen LogP contribution in [0.1, 0.15) is 65.2 Å². The number of nitrogens with one attached hydrogen (secondary N) is 1. The van der Waals surface area contributed by atoms with Crippen molar-refractivity contribution in [2.24, 2.45) is 34.5 Å². The molecule has 0 aliphatic heterocycles. The zero-order valence-corrected chi connectivity index (χ0v) is 15.1. The minimum Gasteiger partial charge on any atom is -0.393 e.